The lowest BCUT2D eigenvalue weighted by Gasteiger charge is -2.17. The summed E-state index contributed by atoms with van der Waals surface area (Å²) in [6, 6.07) is 4.67. The topological polar surface area (TPSA) is 92.4 Å². The minimum Gasteiger partial charge on any atom is -0.387 e. The highest BCUT2D eigenvalue weighted by Crippen LogP contribution is 2.23. The fraction of sp³-hybridized carbons (Fsp3) is 0.455. The molecule has 2 atom stereocenters. The van der Waals surface area contributed by atoms with Crippen molar-refractivity contribution in [3.8, 4) is 0 Å². The van der Waals surface area contributed by atoms with Crippen LogP contribution in [-0.4, -0.2) is 25.8 Å². The lowest BCUT2D eigenvalue weighted by Crippen LogP contribution is -2.24. The predicted octanol–water partition coefficient (Wildman–Crippen LogP) is 0.747. The zero-order valence-corrected chi connectivity index (χ0v) is 11.0. The molecule has 1 aromatic rings. The number of hydrogen-bond acceptors (Lipinski definition) is 4. The third-order valence-electron chi connectivity index (χ3n) is 2.40. The number of aliphatic hydroxyl groups is 1. The molecule has 1 aromatic carbocycles. The summed E-state index contributed by atoms with van der Waals surface area (Å²) in [5.74, 6) is 0. The molecule has 0 aromatic heterocycles. The van der Waals surface area contributed by atoms with Gasteiger partial charge in [-0.15, -0.1) is 0 Å². The quantitative estimate of drug-likeness (QED) is 0.743. The number of nitrogens with one attached hydrogen (secondary N) is 1. The van der Waals surface area contributed by atoms with Gasteiger partial charge >= 0.3 is 0 Å². The summed E-state index contributed by atoms with van der Waals surface area (Å²) in [6.07, 6.45) is 0.275. The maximum atomic E-state index is 11.2. The standard InChI is InChI=1S/C11H18N2O3S/c1-7-4-5-9(11(14)8(2)12)6-10(7)13-17(3,15)16/h4-6,8,11,13-14H,12H2,1-3H3/t8-,11-/m0/s1. The van der Waals surface area contributed by atoms with E-state index >= 15 is 0 Å². The van der Waals surface area contributed by atoms with Gasteiger partial charge in [-0.25, -0.2) is 8.42 Å². The van der Waals surface area contributed by atoms with Gasteiger partial charge in [-0.1, -0.05) is 12.1 Å². The van der Waals surface area contributed by atoms with E-state index < -0.39 is 22.2 Å². The summed E-state index contributed by atoms with van der Waals surface area (Å²) in [5.41, 5.74) is 7.44. The van der Waals surface area contributed by atoms with Gasteiger partial charge in [-0.3, -0.25) is 4.72 Å². The lowest BCUT2D eigenvalue weighted by atomic mass is 10.0. The molecule has 5 nitrogen and oxygen atoms in total. The van der Waals surface area contributed by atoms with Crippen LogP contribution in [0.25, 0.3) is 0 Å². The van der Waals surface area contributed by atoms with Gasteiger partial charge in [-0.2, -0.15) is 0 Å². The van der Waals surface area contributed by atoms with E-state index in [-0.39, 0.29) is 0 Å². The first-order valence-electron chi connectivity index (χ1n) is 5.22. The Hall–Kier alpha value is -1.11. The Morgan fingerprint density at radius 2 is 2.00 bits per heavy atom. The highest BCUT2D eigenvalue weighted by Gasteiger charge is 2.14. The summed E-state index contributed by atoms with van der Waals surface area (Å²) in [5, 5.41) is 9.81. The minimum atomic E-state index is -3.33. The van der Waals surface area contributed by atoms with Crippen LogP contribution in [0, 0.1) is 6.92 Å². The minimum absolute atomic E-state index is 0.413. The van der Waals surface area contributed by atoms with Gasteiger partial charge in [0.25, 0.3) is 0 Å². The number of sulfonamides is 1. The lowest BCUT2D eigenvalue weighted by molar-refractivity contribution is 0.153. The fourth-order valence-electron chi connectivity index (χ4n) is 1.44. The van der Waals surface area contributed by atoms with Crippen LogP contribution in [0.4, 0.5) is 5.69 Å². The first-order valence-corrected chi connectivity index (χ1v) is 7.12. The molecule has 1 rings (SSSR count). The Labute approximate surface area is 102 Å². The average Bonchev–Trinajstić information content (AvgIpc) is 2.18. The second-order valence-corrected chi connectivity index (χ2v) is 6.00. The Bertz CT molecular complexity index is 497. The molecule has 96 valence electrons. The fourth-order valence-corrected chi connectivity index (χ4v) is 2.06. The summed E-state index contributed by atoms with van der Waals surface area (Å²) in [6.45, 7) is 3.48. The predicted molar refractivity (Wildman–Crippen MR) is 68.3 cm³/mol. The van der Waals surface area contributed by atoms with Crippen molar-refractivity contribution in [2.45, 2.75) is 26.0 Å². The van der Waals surface area contributed by atoms with E-state index in [1.165, 1.54) is 0 Å². The van der Waals surface area contributed by atoms with Crippen molar-refractivity contribution in [1.29, 1.82) is 0 Å². The number of aryl methyl sites for hydroxylation is 1. The van der Waals surface area contributed by atoms with E-state index in [1.807, 2.05) is 0 Å². The Kier molecular flexibility index (Phi) is 4.13. The molecule has 0 aliphatic heterocycles. The molecule has 0 unspecified atom stereocenters. The van der Waals surface area contributed by atoms with Crippen molar-refractivity contribution in [3.05, 3.63) is 29.3 Å². The Balaban J connectivity index is 3.11. The molecule has 17 heavy (non-hydrogen) atoms. The van der Waals surface area contributed by atoms with Crippen LogP contribution in [0.5, 0.6) is 0 Å². The maximum absolute atomic E-state index is 11.2. The molecule has 0 aliphatic rings. The van der Waals surface area contributed by atoms with Crippen LogP contribution in [0.2, 0.25) is 0 Å². The number of nitrogens with two attached hydrogens (primary N) is 1. The molecule has 0 amide bonds. The SMILES string of the molecule is Cc1ccc([C@@H](O)[C@H](C)N)cc1NS(C)(=O)=O. The van der Waals surface area contributed by atoms with Crippen molar-refractivity contribution >= 4 is 15.7 Å². The Morgan fingerprint density at radius 3 is 2.47 bits per heavy atom. The molecule has 0 radical (unpaired) electrons. The largest absolute Gasteiger partial charge is 0.387 e. The monoisotopic (exact) mass is 258 g/mol. The zero-order valence-electron chi connectivity index (χ0n) is 10.1. The van der Waals surface area contributed by atoms with Crippen LogP contribution in [-0.2, 0) is 10.0 Å². The maximum Gasteiger partial charge on any atom is 0.229 e. The van der Waals surface area contributed by atoms with Crippen LogP contribution >= 0.6 is 0 Å². The van der Waals surface area contributed by atoms with Crippen LogP contribution in [0.3, 0.4) is 0 Å². The van der Waals surface area contributed by atoms with Gasteiger partial charge < -0.3 is 10.8 Å². The number of rotatable bonds is 4. The first-order chi connectivity index (χ1) is 7.70. The third kappa shape index (κ3) is 3.99. The van der Waals surface area contributed by atoms with Crippen molar-refractivity contribution in [2.75, 3.05) is 11.0 Å². The molecule has 6 heteroatoms. The summed E-state index contributed by atoms with van der Waals surface area (Å²) in [7, 11) is -3.33. The van der Waals surface area contributed by atoms with E-state index in [9.17, 15) is 13.5 Å². The van der Waals surface area contributed by atoms with Crippen LogP contribution < -0.4 is 10.5 Å². The van der Waals surface area contributed by atoms with E-state index in [0.717, 1.165) is 11.8 Å². The van der Waals surface area contributed by atoms with E-state index in [4.69, 9.17) is 5.73 Å². The number of hydrogen-bond donors (Lipinski definition) is 3. The van der Waals surface area contributed by atoms with Gasteiger partial charge in [0.2, 0.25) is 10.0 Å². The average molecular weight is 258 g/mol. The van der Waals surface area contributed by atoms with Crippen molar-refractivity contribution < 1.29 is 13.5 Å². The van der Waals surface area contributed by atoms with Gasteiger partial charge in [0.15, 0.2) is 0 Å². The zero-order chi connectivity index (χ0) is 13.2. The van der Waals surface area contributed by atoms with Gasteiger partial charge in [0, 0.05) is 6.04 Å². The van der Waals surface area contributed by atoms with Crippen molar-refractivity contribution in [2.24, 2.45) is 5.73 Å². The number of anilines is 1. The van der Waals surface area contributed by atoms with Crippen LogP contribution in [0.15, 0.2) is 18.2 Å². The van der Waals surface area contributed by atoms with Crippen molar-refractivity contribution in [1.82, 2.24) is 0 Å². The smallest absolute Gasteiger partial charge is 0.229 e. The summed E-state index contributed by atoms with van der Waals surface area (Å²) >= 11 is 0. The molecule has 0 saturated carbocycles. The molecule has 0 aliphatic carbocycles. The molecule has 0 heterocycles. The van der Waals surface area contributed by atoms with E-state index in [2.05, 4.69) is 4.72 Å². The van der Waals surface area contributed by atoms with Gasteiger partial charge in [0.1, 0.15) is 0 Å². The molecule has 4 N–H and O–H groups in total. The van der Waals surface area contributed by atoms with Crippen LogP contribution in [0.1, 0.15) is 24.2 Å². The number of aliphatic hydroxyl groups excluding tert-OH is 1. The van der Waals surface area contributed by atoms with Gasteiger partial charge in [-0.05, 0) is 31.0 Å². The molecule has 0 bridgehead atoms. The first kappa shape index (κ1) is 14.0. The van der Waals surface area contributed by atoms with Gasteiger partial charge in [0.05, 0.1) is 18.0 Å². The summed E-state index contributed by atoms with van der Waals surface area (Å²) < 4.78 is 24.7. The second kappa shape index (κ2) is 5.03. The van der Waals surface area contributed by atoms with E-state index in [1.54, 1.807) is 32.0 Å². The molecule has 0 spiro atoms. The van der Waals surface area contributed by atoms with Crippen molar-refractivity contribution in [3.63, 3.8) is 0 Å². The third-order valence-corrected chi connectivity index (χ3v) is 2.99. The highest BCUT2D eigenvalue weighted by atomic mass is 32.2. The Morgan fingerprint density at radius 1 is 1.41 bits per heavy atom. The highest BCUT2D eigenvalue weighted by molar-refractivity contribution is 7.92. The molecule has 0 saturated heterocycles. The molecule has 0 fully saturated rings. The summed E-state index contributed by atoms with van der Waals surface area (Å²) in [4.78, 5) is 0. The number of benzene rings is 1. The molecular weight excluding hydrogens is 240 g/mol. The molecular formula is C11H18N2O3S. The van der Waals surface area contributed by atoms with E-state index in [0.29, 0.717) is 11.3 Å². The second-order valence-electron chi connectivity index (χ2n) is 4.25. The normalized spacial score (nSPS) is 15.4.